The first-order chi connectivity index (χ1) is 11.6. The van der Waals surface area contributed by atoms with E-state index in [1.165, 1.54) is 0 Å². The summed E-state index contributed by atoms with van der Waals surface area (Å²) in [6.07, 6.45) is 1.91. The van der Waals surface area contributed by atoms with E-state index in [1.54, 1.807) is 23.2 Å². The number of halogens is 1. The van der Waals surface area contributed by atoms with Gasteiger partial charge in [-0.15, -0.1) is 0 Å². The molecular formula is C17H17BrN4O2. The van der Waals surface area contributed by atoms with Gasteiger partial charge in [0.25, 0.3) is 0 Å². The third kappa shape index (κ3) is 4.32. The Morgan fingerprint density at radius 2 is 2.08 bits per heavy atom. The minimum atomic E-state index is -0.361. The number of nitrogens with zero attached hydrogens (tertiary/aromatic N) is 2. The zero-order chi connectivity index (χ0) is 16.9. The zero-order valence-electron chi connectivity index (χ0n) is 12.9. The Morgan fingerprint density at radius 3 is 2.83 bits per heavy atom. The van der Waals surface area contributed by atoms with Gasteiger partial charge in [0, 0.05) is 30.2 Å². The van der Waals surface area contributed by atoms with Crippen LogP contribution in [-0.4, -0.2) is 34.4 Å². The van der Waals surface area contributed by atoms with Gasteiger partial charge in [0.15, 0.2) is 0 Å². The largest absolute Gasteiger partial charge is 0.336 e. The van der Waals surface area contributed by atoms with E-state index in [9.17, 15) is 9.59 Å². The first-order valence-electron chi connectivity index (χ1n) is 7.61. The Kier molecular flexibility index (Phi) is 5.10. The van der Waals surface area contributed by atoms with E-state index in [2.05, 4.69) is 31.5 Å². The van der Waals surface area contributed by atoms with Crippen LogP contribution in [0.1, 0.15) is 12.0 Å². The number of nitrogens with one attached hydrogen (secondary N) is 2. The molecule has 1 fully saturated rings. The highest BCUT2D eigenvalue weighted by atomic mass is 79.9. The van der Waals surface area contributed by atoms with E-state index >= 15 is 0 Å². The van der Waals surface area contributed by atoms with E-state index < -0.39 is 0 Å². The second-order valence-electron chi connectivity index (χ2n) is 5.62. The number of benzene rings is 1. The average molecular weight is 389 g/mol. The van der Waals surface area contributed by atoms with Crippen molar-refractivity contribution in [1.29, 1.82) is 0 Å². The summed E-state index contributed by atoms with van der Waals surface area (Å²) in [7, 11) is 0. The average Bonchev–Trinajstić information content (AvgIpc) is 2.87. The molecule has 1 unspecified atom stereocenters. The van der Waals surface area contributed by atoms with Gasteiger partial charge in [-0.25, -0.2) is 9.78 Å². The molecular weight excluding hydrogens is 372 g/mol. The van der Waals surface area contributed by atoms with Crippen molar-refractivity contribution in [3.05, 3.63) is 58.7 Å². The smallest absolute Gasteiger partial charge is 0.320 e. The van der Waals surface area contributed by atoms with Crippen LogP contribution < -0.4 is 10.6 Å². The Balaban J connectivity index is 1.53. The van der Waals surface area contributed by atoms with Crippen LogP contribution in [0.15, 0.2) is 53.1 Å². The number of carbonyl (C=O) groups is 2. The summed E-state index contributed by atoms with van der Waals surface area (Å²) in [5, 5.41) is 5.49. The third-order valence-electron chi connectivity index (χ3n) is 3.73. The van der Waals surface area contributed by atoms with Crippen LogP contribution in [-0.2, 0) is 11.3 Å². The molecule has 2 N–H and O–H groups in total. The molecule has 0 aliphatic carbocycles. The van der Waals surface area contributed by atoms with Crippen LogP contribution >= 0.6 is 15.9 Å². The molecule has 1 saturated heterocycles. The summed E-state index contributed by atoms with van der Waals surface area (Å²) in [5.41, 5.74) is 1.08. The molecule has 24 heavy (non-hydrogen) atoms. The van der Waals surface area contributed by atoms with Crippen molar-refractivity contribution in [1.82, 2.24) is 15.2 Å². The molecule has 1 atom stereocenters. The first kappa shape index (κ1) is 16.4. The predicted molar refractivity (Wildman–Crippen MR) is 94.4 cm³/mol. The zero-order valence-corrected chi connectivity index (χ0v) is 14.5. The van der Waals surface area contributed by atoms with Gasteiger partial charge in [-0.3, -0.25) is 10.1 Å². The molecule has 7 heteroatoms. The number of rotatable bonds is 4. The number of hydrogen-bond donors (Lipinski definition) is 2. The van der Waals surface area contributed by atoms with E-state index in [0.29, 0.717) is 25.3 Å². The quantitative estimate of drug-likeness (QED) is 0.845. The van der Waals surface area contributed by atoms with Gasteiger partial charge >= 0.3 is 6.03 Å². The summed E-state index contributed by atoms with van der Waals surface area (Å²) < 4.78 is 0.831. The fourth-order valence-electron chi connectivity index (χ4n) is 2.64. The highest BCUT2D eigenvalue weighted by Crippen LogP contribution is 2.16. The van der Waals surface area contributed by atoms with Gasteiger partial charge in [0.2, 0.25) is 5.91 Å². The van der Waals surface area contributed by atoms with Crippen LogP contribution in [0, 0.1) is 0 Å². The molecule has 124 valence electrons. The maximum Gasteiger partial charge on any atom is 0.320 e. The summed E-state index contributed by atoms with van der Waals surface area (Å²) >= 11 is 3.32. The lowest BCUT2D eigenvalue weighted by molar-refractivity contribution is -0.128. The lowest BCUT2D eigenvalue weighted by atomic mass is 10.2. The van der Waals surface area contributed by atoms with E-state index in [0.717, 1.165) is 10.0 Å². The number of anilines is 1. The van der Waals surface area contributed by atoms with Crippen molar-refractivity contribution < 1.29 is 9.59 Å². The van der Waals surface area contributed by atoms with Gasteiger partial charge < -0.3 is 10.2 Å². The van der Waals surface area contributed by atoms with Crippen molar-refractivity contribution in [2.75, 3.05) is 11.9 Å². The van der Waals surface area contributed by atoms with Gasteiger partial charge in [-0.2, -0.15) is 0 Å². The number of carbonyl (C=O) groups excluding carboxylic acids is 2. The molecule has 0 radical (unpaired) electrons. The maximum absolute atomic E-state index is 12.1. The fourth-order valence-corrected chi connectivity index (χ4v) is 2.97. The first-order valence-corrected chi connectivity index (χ1v) is 8.40. The van der Waals surface area contributed by atoms with E-state index in [-0.39, 0.29) is 18.0 Å². The Hall–Kier alpha value is -2.41. The molecule has 1 aliphatic heterocycles. The Labute approximate surface area is 148 Å². The number of pyridine rings is 1. The Bertz CT molecular complexity index is 738. The highest BCUT2D eigenvalue weighted by molar-refractivity contribution is 9.10. The topological polar surface area (TPSA) is 74.3 Å². The molecule has 0 saturated carbocycles. The predicted octanol–water partition coefficient (Wildman–Crippen LogP) is 2.77. The van der Waals surface area contributed by atoms with Gasteiger partial charge in [-0.1, -0.05) is 46.3 Å². The summed E-state index contributed by atoms with van der Waals surface area (Å²) in [5.74, 6) is 0.497. The van der Waals surface area contributed by atoms with Crippen molar-refractivity contribution in [3.63, 3.8) is 0 Å². The normalized spacial score (nSPS) is 17.0. The van der Waals surface area contributed by atoms with Gasteiger partial charge in [0.05, 0.1) is 6.04 Å². The molecule has 1 aliphatic rings. The summed E-state index contributed by atoms with van der Waals surface area (Å²) in [6, 6.07) is 12.7. The highest BCUT2D eigenvalue weighted by Gasteiger charge is 2.30. The minimum absolute atomic E-state index is 0.0460. The molecule has 0 spiro atoms. The molecule has 1 aromatic heterocycles. The van der Waals surface area contributed by atoms with Crippen LogP contribution in [0.3, 0.4) is 0 Å². The van der Waals surface area contributed by atoms with Crippen LogP contribution in [0.25, 0.3) is 0 Å². The van der Waals surface area contributed by atoms with E-state index in [1.807, 2.05) is 30.3 Å². The maximum atomic E-state index is 12.1. The monoisotopic (exact) mass is 388 g/mol. The lowest BCUT2D eigenvalue weighted by Crippen LogP contribution is -2.39. The third-order valence-corrected chi connectivity index (χ3v) is 4.22. The molecule has 3 rings (SSSR count). The molecule has 3 amide bonds. The molecule has 6 nitrogen and oxygen atoms in total. The fraction of sp³-hybridized carbons (Fsp3) is 0.235. The van der Waals surface area contributed by atoms with Crippen molar-refractivity contribution >= 4 is 33.7 Å². The minimum Gasteiger partial charge on any atom is -0.336 e. The van der Waals surface area contributed by atoms with Crippen LogP contribution in [0.2, 0.25) is 0 Å². The van der Waals surface area contributed by atoms with Crippen LogP contribution in [0.5, 0.6) is 0 Å². The number of urea groups is 1. The Morgan fingerprint density at radius 1 is 1.29 bits per heavy atom. The van der Waals surface area contributed by atoms with Crippen molar-refractivity contribution in [3.8, 4) is 0 Å². The van der Waals surface area contributed by atoms with Crippen molar-refractivity contribution in [2.24, 2.45) is 0 Å². The van der Waals surface area contributed by atoms with E-state index in [4.69, 9.17) is 0 Å². The van der Waals surface area contributed by atoms with Crippen LogP contribution in [0.4, 0.5) is 10.6 Å². The number of amides is 3. The molecule has 0 bridgehead atoms. The van der Waals surface area contributed by atoms with Crippen molar-refractivity contribution in [2.45, 2.75) is 19.0 Å². The van der Waals surface area contributed by atoms with Gasteiger partial charge in [0.1, 0.15) is 5.82 Å². The summed E-state index contributed by atoms with van der Waals surface area (Å²) in [6.45, 7) is 1.07. The summed E-state index contributed by atoms with van der Waals surface area (Å²) in [4.78, 5) is 30.0. The lowest BCUT2D eigenvalue weighted by Gasteiger charge is -2.17. The number of likely N-dealkylation sites (tertiary alicyclic amines) is 1. The number of hydrogen-bond acceptors (Lipinski definition) is 3. The SMILES string of the molecule is O=C(Nc1cc(Br)ccn1)NC1CC(=O)N(Cc2ccccc2)C1. The second kappa shape index (κ2) is 7.44. The second-order valence-corrected chi connectivity index (χ2v) is 6.53. The standard InChI is InChI=1S/C17H17BrN4O2/c18-13-6-7-19-15(8-13)21-17(24)20-14-9-16(23)22(11-14)10-12-4-2-1-3-5-12/h1-8,14H,9-11H2,(H2,19,20,21,24). The molecule has 1 aromatic carbocycles. The van der Waals surface area contributed by atoms with Gasteiger partial charge in [-0.05, 0) is 17.7 Å². The number of aromatic nitrogens is 1. The molecule has 2 aromatic rings. The molecule has 2 heterocycles.